The molecule has 0 radical (unpaired) electrons. The van der Waals surface area contributed by atoms with Crippen molar-refractivity contribution in [2.45, 2.75) is 4.90 Å². The van der Waals surface area contributed by atoms with Crippen LogP contribution >= 0.6 is 11.6 Å². The van der Waals surface area contributed by atoms with E-state index in [1.807, 2.05) is 24.3 Å². The molecule has 4 N–H and O–H groups in total. The smallest absolute Gasteiger partial charge is 0.284 e. The number of hydrogen-bond donors (Lipinski definition) is 2. The SMILES string of the molecule is NC(=O)c1cc2cc(N3CCN(C(=O)c4cccc(F)c4)CC3)ccc2o1.NC(=O)c1cc2cc(N3CCN(S(=O)(=O)c4cccc(Cl)c4)CC3)ccc2o1. The molecule has 0 spiro atoms. The maximum absolute atomic E-state index is 13.3. The van der Waals surface area contributed by atoms with Gasteiger partial charge in [0.25, 0.3) is 17.7 Å². The molecule has 16 heteroatoms. The van der Waals surface area contributed by atoms with Gasteiger partial charge in [-0.15, -0.1) is 0 Å². The molecule has 2 aliphatic rings. The minimum absolute atomic E-state index is 0.115. The molecule has 4 aromatic carbocycles. The molecule has 8 rings (SSSR count). The number of fused-ring (bicyclic) bond motifs is 2. The normalized spacial score (nSPS) is 15.2. The highest BCUT2D eigenvalue weighted by Gasteiger charge is 2.29. The number of rotatable bonds is 7. The highest BCUT2D eigenvalue weighted by molar-refractivity contribution is 7.89. The van der Waals surface area contributed by atoms with Gasteiger partial charge in [-0.3, -0.25) is 14.4 Å². The second-order valence-electron chi connectivity index (χ2n) is 13.0. The number of nitrogens with two attached hydrogens (primary N) is 2. The summed E-state index contributed by atoms with van der Waals surface area (Å²) in [7, 11) is -3.58. The van der Waals surface area contributed by atoms with Gasteiger partial charge in [0.05, 0.1) is 4.90 Å². The van der Waals surface area contributed by atoms with Gasteiger partial charge in [0, 0.05) is 85.1 Å². The van der Waals surface area contributed by atoms with E-state index in [1.165, 1.54) is 22.5 Å². The maximum atomic E-state index is 13.3. The quantitative estimate of drug-likeness (QED) is 0.217. The Morgan fingerprint density at radius 1 is 0.636 bits per heavy atom. The third-order valence-electron chi connectivity index (χ3n) is 9.53. The van der Waals surface area contributed by atoms with E-state index < -0.39 is 27.7 Å². The minimum Gasteiger partial charge on any atom is -0.451 e. The number of nitrogens with zero attached hydrogens (tertiary/aromatic N) is 4. The summed E-state index contributed by atoms with van der Waals surface area (Å²) in [6.45, 7) is 4.24. The molecule has 2 aliphatic heterocycles. The Kier molecular flexibility index (Phi) is 10.5. The highest BCUT2D eigenvalue weighted by Crippen LogP contribution is 2.29. The number of carbonyl (C=O) groups excluding carboxylic acids is 3. The first-order valence-corrected chi connectivity index (χ1v) is 19.1. The minimum atomic E-state index is -3.58. The first-order valence-electron chi connectivity index (χ1n) is 17.3. The van der Waals surface area contributed by atoms with Gasteiger partial charge in [-0.25, -0.2) is 12.8 Å². The topological polar surface area (TPSA) is 177 Å². The van der Waals surface area contributed by atoms with Crippen LogP contribution in [0.15, 0.2) is 111 Å². The zero-order valence-electron chi connectivity index (χ0n) is 29.4. The monoisotopic (exact) mass is 786 g/mol. The average Bonchev–Trinajstić information content (AvgIpc) is 3.83. The Morgan fingerprint density at radius 3 is 1.67 bits per heavy atom. The van der Waals surface area contributed by atoms with Crippen LogP contribution in [-0.4, -0.2) is 87.7 Å². The number of benzene rings is 4. The summed E-state index contributed by atoms with van der Waals surface area (Å²) in [6.07, 6.45) is 0. The van der Waals surface area contributed by atoms with Gasteiger partial charge in [0.2, 0.25) is 10.0 Å². The summed E-state index contributed by atoms with van der Waals surface area (Å²) in [5, 5.41) is 1.98. The molecular formula is C39H36ClFN6O7S. The molecule has 55 heavy (non-hydrogen) atoms. The Balaban J connectivity index is 0.000000169. The third kappa shape index (κ3) is 8.13. The second kappa shape index (κ2) is 15.5. The van der Waals surface area contributed by atoms with Gasteiger partial charge in [-0.1, -0.05) is 23.7 Å². The van der Waals surface area contributed by atoms with Crippen molar-refractivity contribution in [2.75, 3.05) is 62.2 Å². The molecule has 3 amide bonds. The highest BCUT2D eigenvalue weighted by atomic mass is 35.5. The number of primary amides is 2. The summed E-state index contributed by atoms with van der Waals surface area (Å²) in [5.41, 5.74) is 14.0. The molecule has 6 aromatic rings. The van der Waals surface area contributed by atoms with Crippen LogP contribution in [0.3, 0.4) is 0 Å². The lowest BCUT2D eigenvalue weighted by atomic mass is 10.1. The van der Waals surface area contributed by atoms with Gasteiger partial charge in [0.1, 0.15) is 17.0 Å². The van der Waals surface area contributed by atoms with Crippen molar-refractivity contribution < 1.29 is 36.0 Å². The van der Waals surface area contributed by atoms with E-state index in [2.05, 4.69) is 9.80 Å². The fourth-order valence-electron chi connectivity index (χ4n) is 6.63. The molecule has 4 heterocycles. The zero-order chi connectivity index (χ0) is 38.9. The number of piperazine rings is 2. The van der Waals surface area contributed by atoms with Crippen LogP contribution in [0.1, 0.15) is 31.5 Å². The Morgan fingerprint density at radius 2 is 1.16 bits per heavy atom. The van der Waals surface area contributed by atoms with Crippen LogP contribution in [-0.2, 0) is 10.0 Å². The van der Waals surface area contributed by atoms with Gasteiger partial charge in [0.15, 0.2) is 11.5 Å². The fraction of sp³-hybridized carbons (Fsp3) is 0.205. The Bertz CT molecular complexity index is 2520. The fourth-order valence-corrected chi connectivity index (χ4v) is 8.36. The van der Waals surface area contributed by atoms with Crippen molar-refractivity contribution in [1.29, 1.82) is 0 Å². The van der Waals surface area contributed by atoms with Gasteiger partial charge >= 0.3 is 0 Å². The second-order valence-corrected chi connectivity index (χ2v) is 15.4. The zero-order valence-corrected chi connectivity index (χ0v) is 30.9. The van der Waals surface area contributed by atoms with Crippen LogP contribution in [0, 0.1) is 5.82 Å². The van der Waals surface area contributed by atoms with Gasteiger partial charge in [-0.05, 0) is 84.9 Å². The van der Waals surface area contributed by atoms with Crippen molar-refractivity contribution in [3.05, 3.63) is 125 Å². The van der Waals surface area contributed by atoms with Crippen molar-refractivity contribution in [3.63, 3.8) is 0 Å². The predicted molar refractivity (Wildman–Crippen MR) is 206 cm³/mol. The van der Waals surface area contributed by atoms with E-state index in [-0.39, 0.29) is 22.3 Å². The van der Waals surface area contributed by atoms with E-state index in [9.17, 15) is 27.2 Å². The lowest BCUT2D eigenvalue weighted by molar-refractivity contribution is 0.0745. The summed E-state index contributed by atoms with van der Waals surface area (Å²) in [6, 6.07) is 26.5. The maximum Gasteiger partial charge on any atom is 0.284 e. The number of hydrogen-bond acceptors (Lipinski definition) is 9. The Hall–Kier alpha value is -5.90. The molecule has 2 fully saturated rings. The lowest BCUT2D eigenvalue weighted by Gasteiger charge is -2.36. The predicted octanol–water partition coefficient (Wildman–Crippen LogP) is 5.33. The summed E-state index contributed by atoms with van der Waals surface area (Å²) in [4.78, 5) is 41.2. The molecule has 2 saturated heterocycles. The van der Waals surface area contributed by atoms with E-state index in [0.29, 0.717) is 74.1 Å². The van der Waals surface area contributed by atoms with Gasteiger partial charge in [-0.2, -0.15) is 4.31 Å². The van der Waals surface area contributed by atoms with E-state index in [0.717, 1.165) is 22.1 Å². The van der Waals surface area contributed by atoms with Crippen molar-refractivity contribution in [1.82, 2.24) is 9.21 Å². The summed E-state index contributed by atoms with van der Waals surface area (Å²) in [5.74, 6) is -1.54. The van der Waals surface area contributed by atoms with Crippen molar-refractivity contribution in [3.8, 4) is 0 Å². The molecule has 0 atom stereocenters. The van der Waals surface area contributed by atoms with Gasteiger partial charge < -0.3 is 35.0 Å². The number of amides is 3. The first kappa shape index (κ1) is 37.4. The third-order valence-corrected chi connectivity index (χ3v) is 11.7. The number of carbonyl (C=O) groups is 3. The number of sulfonamides is 1. The van der Waals surface area contributed by atoms with E-state index >= 15 is 0 Å². The van der Waals surface area contributed by atoms with Crippen LogP contribution in [0.5, 0.6) is 0 Å². The van der Waals surface area contributed by atoms with Crippen LogP contribution in [0.2, 0.25) is 5.02 Å². The van der Waals surface area contributed by atoms with Crippen molar-refractivity contribution in [2.24, 2.45) is 11.5 Å². The number of anilines is 2. The summed E-state index contributed by atoms with van der Waals surface area (Å²) >= 11 is 5.93. The number of furan rings is 2. The molecule has 0 unspecified atom stereocenters. The molecule has 0 bridgehead atoms. The van der Waals surface area contributed by atoms with Crippen LogP contribution < -0.4 is 21.3 Å². The molecule has 284 valence electrons. The molecule has 0 saturated carbocycles. The molecule has 0 aliphatic carbocycles. The molecular weight excluding hydrogens is 751 g/mol. The van der Waals surface area contributed by atoms with E-state index in [4.69, 9.17) is 31.9 Å². The summed E-state index contributed by atoms with van der Waals surface area (Å²) < 4.78 is 51.2. The Labute approximate surface area is 320 Å². The standard InChI is InChI=1S/C20H18FN3O3.C19H18ClN3O4S/c21-15-3-1-2-13(10-15)20(26)24-8-6-23(7-9-24)16-4-5-17-14(11-16)12-18(27-17)19(22)25;20-14-2-1-3-16(12-14)28(25,26)23-8-6-22(7-9-23)15-4-5-17-13(10-15)11-18(27-17)19(21)24/h1-5,10-12H,6-9H2,(H2,22,25);1-5,10-12H,6-9H2,(H2,21,24). The van der Waals surface area contributed by atoms with Crippen LogP contribution in [0.4, 0.5) is 15.8 Å². The number of halogens is 2. The first-order chi connectivity index (χ1) is 26.3. The molecule has 2 aromatic heterocycles. The van der Waals surface area contributed by atoms with Crippen molar-refractivity contribution >= 4 is 72.7 Å². The largest absolute Gasteiger partial charge is 0.451 e. The lowest BCUT2D eigenvalue weighted by Crippen LogP contribution is -2.48. The van der Waals surface area contributed by atoms with E-state index in [1.54, 1.807) is 59.5 Å². The average molecular weight is 787 g/mol. The molecule has 13 nitrogen and oxygen atoms in total. The van der Waals surface area contributed by atoms with Crippen LogP contribution in [0.25, 0.3) is 21.9 Å².